The highest BCUT2D eigenvalue weighted by Crippen LogP contribution is 2.31. The van der Waals surface area contributed by atoms with Gasteiger partial charge in [0.2, 0.25) is 5.91 Å². The number of carboxylic acid groups (broad SMARTS) is 1. The fourth-order valence-electron chi connectivity index (χ4n) is 2.53. The molecule has 2 aliphatic rings. The first-order valence-corrected chi connectivity index (χ1v) is 6.25. The summed E-state index contributed by atoms with van der Waals surface area (Å²) in [4.78, 5) is 25.1. The van der Waals surface area contributed by atoms with Crippen LogP contribution < -0.4 is 5.32 Å². The summed E-state index contributed by atoms with van der Waals surface area (Å²) < 4.78 is 0. The van der Waals surface area contributed by atoms with E-state index in [9.17, 15) is 14.7 Å². The lowest BCUT2D eigenvalue weighted by molar-refractivity contribution is -0.151. The molecule has 5 heteroatoms. The average Bonchev–Trinajstić information content (AvgIpc) is 2.98. The summed E-state index contributed by atoms with van der Waals surface area (Å²) in [5.74, 6) is -0.872. The molecular weight excluding hydrogens is 220 g/mol. The van der Waals surface area contributed by atoms with Crippen molar-refractivity contribution in [2.45, 2.75) is 57.2 Å². The molecule has 1 saturated heterocycles. The van der Waals surface area contributed by atoms with Crippen LogP contribution in [0.5, 0.6) is 0 Å². The molecule has 1 heterocycles. The van der Waals surface area contributed by atoms with Crippen molar-refractivity contribution in [1.29, 1.82) is 0 Å². The Morgan fingerprint density at radius 1 is 1.47 bits per heavy atom. The molecule has 2 unspecified atom stereocenters. The Bertz CT molecular complexity index is 341. The van der Waals surface area contributed by atoms with Gasteiger partial charge in [0, 0.05) is 12.6 Å². The molecule has 2 atom stereocenters. The number of likely N-dealkylation sites (tertiary alicyclic amines) is 1. The Balaban J connectivity index is 2.04. The topological polar surface area (TPSA) is 69.6 Å². The molecule has 0 bridgehead atoms. The number of carboxylic acids is 1. The molecule has 2 fully saturated rings. The van der Waals surface area contributed by atoms with Gasteiger partial charge >= 0.3 is 5.97 Å². The second-order valence-electron chi connectivity index (χ2n) is 5.33. The molecule has 1 aliphatic carbocycles. The van der Waals surface area contributed by atoms with Crippen LogP contribution in [0.4, 0.5) is 0 Å². The smallest absolute Gasteiger partial charge is 0.323 e. The molecule has 2 N–H and O–H groups in total. The van der Waals surface area contributed by atoms with E-state index in [4.69, 9.17) is 0 Å². The Labute approximate surface area is 101 Å². The minimum absolute atomic E-state index is 0.0399. The maximum atomic E-state index is 11.9. The second-order valence-corrected chi connectivity index (χ2v) is 5.33. The standard InChI is InChI=1S/C12H20N2O3/c1-8(10(15)13-9-4-5-9)14-7-3-6-12(14,2)11(16)17/h8-9H,3-7H2,1-2H3,(H,13,15)(H,16,17). The zero-order valence-corrected chi connectivity index (χ0v) is 10.4. The van der Waals surface area contributed by atoms with Gasteiger partial charge in [-0.1, -0.05) is 0 Å². The van der Waals surface area contributed by atoms with Crippen LogP contribution in [0, 0.1) is 0 Å². The van der Waals surface area contributed by atoms with Gasteiger partial charge in [-0.25, -0.2) is 0 Å². The van der Waals surface area contributed by atoms with Crippen molar-refractivity contribution in [2.24, 2.45) is 0 Å². The first-order chi connectivity index (χ1) is 7.95. The third-order valence-corrected chi connectivity index (χ3v) is 3.93. The maximum Gasteiger partial charge on any atom is 0.323 e. The van der Waals surface area contributed by atoms with E-state index in [2.05, 4.69) is 5.32 Å². The third kappa shape index (κ3) is 2.29. The number of carbonyl (C=O) groups is 2. The number of carbonyl (C=O) groups excluding carboxylic acids is 1. The van der Waals surface area contributed by atoms with Crippen molar-refractivity contribution in [3.8, 4) is 0 Å². The first kappa shape index (κ1) is 12.4. The molecule has 0 radical (unpaired) electrons. The molecule has 2 rings (SSSR count). The van der Waals surface area contributed by atoms with Gasteiger partial charge in [-0.3, -0.25) is 14.5 Å². The number of nitrogens with one attached hydrogen (secondary N) is 1. The minimum Gasteiger partial charge on any atom is -0.480 e. The summed E-state index contributed by atoms with van der Waals surface area (Å²) in [5.41, 5.74) is -0.889. The fourth-order valence-corrected chi connectivity index (χ4v) is 2.53. The van der Waals surface area contributed by atoms with E-state index in [1.165, 1.54) is 0 Å². The Kier molecular flexibility index (Phi) is 3.12. The van der Waals surface area contributed by atoms with Gasteiger partial charge in [-0.2, -0.15) is 0 Å². The fraction of sp³-hybridized carbons (Fsp3) is 0.833. The van der Waals surface area contributed by atoms with Gasteiger partial charge in [0.25, 0.3) is 0 Å². The highest BCUT2D eigenvalue weighted by molar-refractivity contribution is 5.84. The number of hydrogen-bond acceptors (Lipinski definition) is 3. The number of nitrogens with zero attached hydrogens (tertiary/aromatic N) is 1. The summed E-state index contributed by atoms with van der Waals surface area (Å²) in [6, 6.07) is -0.0390. The van der Waals surface area contributed by atoms with Crippen LogP contribution in [-0.2, 0) is 9.59 Å². The van der Waals surface area contributed by atoms with Crippen molar-refractivity contribution < 1.29 is 14.7 Å². The molecule has 0 aromatic heterocycles. The highest BCUT2D eigenvalue weighted by atomic mass is 16.4. The minimum atomic E-state index is -0.889. The normalized spacial score (nSPS) is 31.2. The van der Waals surface area contributed by atoms with Crippen LogP contribution in [0.25, 0.3) is 0 Å². The van der Waals surface area contributed by atoms with Crippen molar-refractivity contribution in [3.05, 3.63) is 0 Å². The van der Waals surface area contributed by atoms with Gasteiger partial charge in [0.05, 0.1) is 6.04 Å². The molecule has 1 saturated carbocycles. The van der Waals surface area contributed by atoms with Crippen LogP contribution in [0.2, 0.25) is 0 Å². The van der Waals surface area contributed by atoms with Crippen LogP contribution in [0.1, 0.15) is 39.5 Å². The van der Waals surface area contributed by atoms with E-state index >= 15 is 0 Å². The van der Waals surface area contributed by atoms with Gasteiger partial charge in [-0.05, 0) is 39.5 Å². The lowest BCUT2D eigenvalue weighted by Crippen LogP contribution is -2.56. The highest BCUT2D eigenvalue weighted by Gasteiger charge is 2.47. The van der Waals surface area contributed by atoms with Crippen molar-refractivity contribution in [1.82, 2.24) is 10.2 Å². The number of amides is 1. The Morgan fingerprint density at radius 3 is 2.65 bits per heavy atom. The predicted molar refractivity (Wildman–Crippen MR) is 62.6 cm³/mol. The van der Waals surface area contributed by atoms with Crippen molar-refractivity contribution >= 4 is 11.9 Å². The van der Waals surface area contributed by atoms with E-state index in [1.807, 2.05) is 4.90 Å². The summed E-state index contributed by atoms with van der Waals surface area (Å²) in [5, 5.41) is 12.2. The van der Waals surface area contributed by atoms with Crippen LogP contribution in [-0.4, -0.2) is 46.1 Å². The SMILES string of the molecule is CC(C(=O)NC1CC1)N1CCCC1(C)C(=O)O. The monoisotopic (exact) mass is 240 g/mol. The van der Waals surface area contributed by atoms with E-state index < -0.39 is 11.5 Å². The Morgan fingerprint density at radius 2 is 2.12 bits per heavy atom. The number of aliphatic carboxylic acids is 1. The average molecular weight is 240 g/mol. The molecule has 1 aliphatic heterocycles. The molecular formula is C12H20N2O3. The van der Waals surface area contributed by atoms with Crippen molar-refractivity contribution in [2.75, 3.05) is 6.54 Å². The summed E-state index contributed by atoms with van der Waals surface area (Å²) in [7, 11) is 0. The lowest BCUT2D eigenvalue weighted by Gasteiger charge is -2.35. The van der Waals surface area contributed by atoms with Crippen LogP contribution in [0.15, 0.2) is 0 Å². The molecule has 0 aromatic rings. The molecule has 5 nitrogen and oxygen atoms in total. The summed E-state index contributed by atoms with van der Waals surface area (Å²) >= 11 is 0. The van der Waals surface area contributed by atoms with E-state index in [1.54, 1.807) is 13.8 Å². The van der Waals surface area contributed by atoms with Gasteiger partial charge < -0.3 is 10.4 Å². The largest absolute Gasteiger partial charge is 0.480 e. The first-order valence-electron chi connectivity index (χ1n) is 6.25. The van der Waals surface area contributed by atoms with E-state index in [-0.39, 0.29) is 11.9 Å². The molecule has 0 spiro atoms. The van der Waals surface area contributed by atoms with Gasteiger partial charge in [0.1, 0.15) is 5.54 Å². The zero-order chi connectivity index (χ0) is 12.6. The van der Waals surface area contributed by atoms with Crippen LogP contribution in [0.3, 0.4) is 0 Å². The zero-order valence-electron chi connectivity index (χ0n) is 10.4. The lowest BCUT2D eigenvalue weighted by atomic mass is 9.98. The molecule has 17 heavy (non-hydrogen) atoms. The maximum absolute atomic E-state index is 11.9. The van der Waals surface area contributed by atoms with Gasteiger partial charge in [-0.15, -0.1) is 0 Å². The predicted octanol–water partition coefficient (Wildman–Crippen LogP) is 0.593. The second kappa shape index (κ2) is 4.29. The van der Waals surface area contributed by atoms with E-state index in [0.29, 0.717) is 19.0 Å². The summed E-state index contributed by atoms with van der Waals surface area (Å²) in [6.07, 6.45) is 3.55. The third-order valence-electron chi connectivity index (χ3n) is 3.93. The van der Waals surface area contributed by atoms with Crippen molar-refractivity contribution in [3.63, 3.8) is 0 Å². The molecule has 96 valence electrons. The number of rotatable bonds is 4. The summed E-state index contributed by atoms with van der Waals surface area (Å²) in [6.45, 7) is 4.19. The molecule has 0 aromatic carbocycles. The van der Waals surface area contributed by atoms with Crippen LogP contribution >= 0.6 is 0 Å². The van der Waals surface area contributed by atoms with Gasteiger partial charge in [0.15, 0.2) is 0 Å². The number of hydrogen-bond donors (Lipinski definition) is 2. The van der Waals surface area contributed by atoms with E-state index in [0.717, 1.165) is 19.3 Å². The molecule has 1 amide bonds. The Hall–Kier alpha value is -1.10. The quantitative estimate of drug-likeness (QED) is 0.754.